The number of H-pyrrole nitrogens is 1. The number of guanidine groups is 1. The minimum Gasteiger partial charge on any atom is -0.370 e. The van der Waals surface area contributed by atoms with E-state index in [0.29, 0.717) is 6.04 Å². The van der Waals surface area contributed by atoms with Crippen LogP contribution in [0.1, 0.15) is 24.5 Å². The Morgan fingerprint density at radius 2 is 2.17 bits per heavy atom. The zero-order valence-corrected chi connectivity index (χ0v) is 11.5. The van der Waals surface area contributed by atoms with Gasteiger partial charge in [0.25, 0.3) is 5.82 Å². The average molecular weight is 376 g/mol. The van der Waals surface area contributed by atoms with Crippen molar-refractivity contribution >= 4 is 29.9 Å². The lowest BCUT2D eigenvalue weighted by Gasteiger charge is -2.01. The maximum absolute atomic E-state index is 12.2. The zero-order chi connectivity index (χ0) is 12.5. The van der Waals surface area contributed by atoms with Gasteiger partial charge in [0.1, 0.15) is 12.4 Å². The van der Waals surface area contributed by atoms with Gasteiger partial charge >= 0.3 is 6.18 Å². The van der Waals surface area contributed by atoms with Gasteiger partial charge in [-0.1, -0.05) is 0 Å². The molecule has 1 fully saturated rings. The zero-order valence-electron chi connectivity index (χ0n) is 9.16. The quantitative estimate of drug-likeness (QED) is 0.417. The van der Waals surface area contributed by atoms with Crippen LogP contribution in [-0.4, -0.2) is 27.2 Å². The van der Waals surface area contributed by atoms with Crippen molar-refractivity contribution in [3.63, 3.8) is 0 Å². The van der Waals surface area contributed by atoms with Crippen molar-refractivity contribution in [2.24, 2.45) is 10.7 Å². The summed E-state index contributed by atoms with van der Waals surface area (Å²) < 4.78 is 36.5. The van der Waals surface area contributed by atoms with Gasteiger partial charge in [-0.05, 0) is 12.8 Å². The van der Waals surface area contributed by atoms with Gasteiger partial charge in [0.15, 0.2) is 5.96 Å². The molecule has 0 atom stereocenters. The van der Waals surface area contributed by atoms with Gasteiger partial charge in [-0.2, -0.15) is 13.2 Å². The van der Waals surface area contributed by atoms with E-state index >= 15 is 0 Å². The number of aliphatic imine (C=N–C) groups is 1. The first-order chi connectivity index (χ1) is 7.95. The van der Waals surface area contributed by atoms with Gasteiger partial charge in [0.05, 0.1) is 0 Å². The highest BCUT2D eigenvalue weighted by Crippen LogP contribution is 2.25. The molecule has 0 aromatic carbocycles. The summed E-state index contributed by atoms with van der Waals surface area (Å²) in [5.74, 6) is -0.966. The summed E-state index contributed by atoms with van der Waals surface area (Å²) in [5.41, 5.74) is 5.51. The fourth-order valence-electron chi connectivity index (χ4n) is 1.14. The second kappa shape index (κ2) is 5.71. The summed E-state index contributed by atoms with van der Waals surface area (Å²) in [4.78, 5) is 7.12. The van der Waals surface area contributed by atoms with E-state index in [1.54, 1.807) is 0 Å². The van der Waals surface area contributed by atoms with Gasteiger partial charge in [0, 0.05) is 6.04 Å². The molecule has 4 N–H and O–H groups in total. The van der Waals surface area contributed by atoms with Crippen molar-refractivity contribution in [3.8, 4) is 0 Å². The molecule has 0 spiro atoms. The van der Waals surface area contributed by atoms with E-state index in [1.807, 2.05) is 0 Å². The van der Waals surface area contributed by atoms with E-state index in [9.17, 15) is 13.2 Å². The third kappa shape index (κ3) is 4.31. The van der Waals surface area contributed by atoms with Crippen molar-refractivity contribution in [3.05, 3.63) is 11.6 Å². The van der Waals surface area contributed by atoms with E-state index in [2.05, 4.69) is 25.5 Å². The minimum absolute atomic E-state index is 0. The summed E-state index contributed by atoms with van der Waals surface area (Å²) in [6.45, 7) is -0.0609. The van der Waals surface area contributed by atoms with Crippen LogP contribution in [0.15, 0.2) is 4.99 Å². The largest absolute Gasteiger partial charge is 0.453 e. The molecule has 1 saturated carbocycles. The molecule has 0 bridgehead atoms. The molecule has 1 heterocycles. The van der Waals surface area contributed by atoms with Gasteiger partial charge in [-0.3, -0.25) is 5.10 Å². The number of hydrogen-bond donors (Lipinski definition) is 3. The highest BCUT2D eigenvalue weighted by atomic mass is 127. The number of nitrogens with one attached hydrogen (secondary N) is 2. The monoisotopic (exact) mass is 376 g/mol. The van der Waals surface area contributed by atoms with Gasteiger partial charge in [-0.25, -0.2) is 9.98 Å². The molecular formula is C8H12F3IN6. The van der Waals surface area contributed by atoms with Crippen LogP contribution in [-0.2, 0) is 12.7 Å². The fraction of sp³-hybridized carbons (Fsp3) is 0.625. The molecule has 0 radical (unpaired) electrons. The molecule has 102 valence electrons. The van der Waals surface area contributed by atoms with Crippen LogP contribution in [0.25, 0.3) is 0 Å². The van der Waals surface area contributed by atoms with Crippen molar-refractivity contribution in [2.45, 2.75) is 31.6 Å². The molecule has 1 aliphatic carbocycles. The molecule has 1 aromatic heterocycles. The Morgan fingerprint density at radius 1 is 1.50 bits per heavy atom. The number of alkyl halides is 3. The molecule has 18 heavy (non-hydrogen) atoms. The normalized spacial score (nSPS) is 16.3. The molecule has 0 aliphatic heterocycles. The Balaban J connectivity index is 0.00000162. The van der Waals surface area contributed by atoms with Gasteiger partial charge in [0.2, 0.25) is 0 Å². The lowest BCUT2D eigenvalue weighted by molar-refractivity contribution is -0.144. The van der Waals surface area contributed by atoms with Crippen molar-refractivity contribution in [2.75, 3.05) is 0 Å². The van der Waals surface area contributed by atoms with E-state index < -0.39 is 12.0 Å². The molecule has 10 heteroatoms. The summed E-state index contributed by atoms with van der Waals surface area (Å²) in [5, 5.41) is 8.12. The minimum atomic E-state index is -4.55. The Bertz CT molecular complexity index is 425. The van der Waals surface area contributed by atoms with Crippen LogP contribution in [0.3, 0.4) is 0 Å². The number of rotatable bonds is 3. The molecule has 1 aliphatic rings. The third-order valence-corrected chi connectivity index (χ3v) is 2.11. The van der Waals surface area contributed by atoms with E-state index in [4.69, 9.17) is 5.73 Å². The first kappa shape index (κ1) is 15.0. The van der Waals surface area contributed by atoms with E-state index in [0.717, 1.165) is 12.8 Å². The number of aromatic amines is 1. The van der Waals surface area contributed by atoms with Gasteiger partial charge in [-0.15, -0.1) is 29.1 Å². The molecule has 0 saturated heterocycles. The highest BCUT2D eigenvalue weighted by Gasteiger charge is 2.35. The maximum atomic E-state index is 12.2. The molecule has 0 amide bonds. The Labute approximate surface area is 118 Å². The Kier molecular flexibility index (Phi) is 4.76. The molecule has 1 aromatic rings. The average Bonchev–Trinajstić information content (AvgIpc) is 2.90. The van der Waals surface area contributed by atoms with Crippen molar-refractivity contribution in [1.29, 1.82) is 0 Å². The second-order valence-corrected chi connectivity index (χ2v) is 3.72. The highest BCUT2D eigenvalue weighted by molar-refractivity contribution is 14.0. The van der Waals surface area contributed by atoms with Crippen LogP contribution < -0.4 is 11.1 Å². The Hall–Kier alpha value is -1.07. The summed E-state index contributed by atoms with van der Waals surface area (Å²) in [7, 11) is 0. The first-order valence-electron chi connectivity index (χ1n) is 5.00. The van der Waals surface area contributed by atoms with E-state index in [1.165, 1.54) is 0 Å². The topological polar surface area (TPSA) is 92.0 Å². The fourth-order valence-corrected chi connectivity index (χ4v) is 1.14. The molecular weight excluding hydrogens is 364 g/mol. The predicted molar refractivity (Wildman–Crippen MR) is 68.3 cm³/mol. The number of nitrogens with zero attached hydrogens (tertiary/aromatic N) is 3. The molecule has 2 rings (SSSR count). The van der Waals surface area contributed by atoms with Crippen molar-refractivity contribution < 1.29 is 13.2 Å². The third-order valence-electron chi connectivity index (χ3n) is 2.11. The standard InChI is InChI=1S/C8H11F3N6.HI/c9-8(10,11)6-15-5(16-17-6)3-13-7(12)14-4-1-2-4;/h4H,1-3H2,(H3,12,13,14)(H,15,16,17);1H. The number of halogens is 4. The summed E-state index contributed by atoms with van der Waals surface area (Å²) >= 11 is 0. The summed E-state index contributed by atoms with van der Waals surface area (Å²) in [6, 6.07) is 0.346. The maximum Gasteiger partial charge on any atom is 0.453 e. The number of nitrogens with two attached hydrogens (primary N) is 1. The Morgan fingerprint density at radius 3 is 2.67 bits per heavy atom. The SMILES string of the molecule is I.NC(=NCc1nc(C(F)(F)F)n[nH]1)NC1CC1. The lowest BCUT2D eigenvalue weighted by Crippen LogP contribution is -2.33. The smallest absolute Gasteiger partial charge is 0.370 e. The van der Waals surface area contributed by atoms with Crippen LogP contribution in [0.4, 0.5) is 13.2 Å². The summed E-state index contributed by atoms with van der Waals surface area (Å²) in [6.07, 6.45) is -2.47. The van der Waals surface area contributed by atoms with Crippen LogP contribution in [0.5, 0.6) is 0 Å². The van der Waals surface area contributed by atoms with Gasteiger partial charge < -0.3 is 11.1 Å². The second-order valence-electron chi connectivity index (χ2n) is 3.72. The predicted octanol–water partition coefficient (Wildman–Crippen LogP) is 1.01. The number of aromatic nitrogens is 3. The van der Waals surface area contributed by atoms with E-state index in [-0.39, 0.29) is 42.3 Å². The van der Waals surface area contributed by atoms with Crippen LogP contribution in [0.2, 0.25) is 0 Å². The van der Waals surface area contributed by atoms with Crippen LogP contribution in [0, 0.1) is 0 Å². The lowest BCUT2D eigenvalue weighted by atomic mass is 10.6. The van der Waals surface area contributed by atoms with Crippen LogP contribution >= 0.6 is 24.0 Å². The number of hydrogen-bond acceptors (Lipinski definition) is 3. The molecule has 0 unspecified atom stereocenters. The molecule has 6 nitrogen and oxygen atoms in total. The van der Waals surface area contributed by atoms with Crippen molar-refractivity contribution in [1.82, 2.24) is 20.5 Å². The first-order valence-corrected chi connectivity index (χ1v) is 5.00.